The van der Waals surface area contributed by atoms with Gasteiger partial charge in [0.25, 0.3) is 0 Å². The molecule has 0 saturated carbocycles. The zero-order chi connectivity index (χ0) is 18.8. The predicted octanol–water partition coefficient (Wildman–Crippen LogP) is 4.42. The van der Waals surface area contributed by atoms with Gasteiger partial charge in [-0.3, -0.25) is 4.79 Å². The molecule has 5 nitrogen and oxygen atoms in total. The molecule has 26 heavy (non-hydrogen) atoms. The summed E-state index contributed by atoms with van der Waals surface area (Å²) in [5.74, 6) is -1.26. The summed E-state index contributed by atoms with van der Waals surface area (Å²) in [4.78, 5) is 29.1. The maximum absolute atomic E-state index is 12.9. The largest absolute Gasteiger partial charge is 0.477 e. The van der Waals surface area contributed by atoms with Gasteiger partial charge in [0.05, 0.1) is 6.42 Å². The number of aromatic carboxylic acids is 1. The van der Waals surface area contributed by atoms with E-state index in [1.807, 2.05) is 38.1 Å². The van der Waals surface area contributed by atoms with E-state index in [4.69, 9.17) is 11.6 Å². The van der Waals surface area contributed by atoms with Crippen LogP contribution in [-0.4, -0.2) is 28.5 Å². The van der Waals surface area contributed by atoms with Crippen molar-refractivity contribution in [3.8, 4) is 0 Å². The maximum Gasteiger partial charge on any atom is 0.352 e. The number of benzene rings is 2. The smallest absolute Gasteiger partial charge is 0.352 e. The predicted molar refractivity (Wildman–Crippen MR) is 103 cm³/mol. The molecule has 1 aromatic heterocycles. The van der Waals surface area contributed by atoms with Crippen LogP contribution in [0, 0.1) is 6.92 Å². The molecular weight excluding hydrogens is 352 g/mol. The van der Waals surface area contributed by atoms with Crippen molar-refractivity contribution in [3.63, 3.8) is 0 Å². The number of halogens is 1. The third-order valence-electron chi connectivity index (χ3n) is 4.34. The lowest BCUT2D eigenvalue weighted by molar-refractivity contribution is -0.117. The highest BCUT2D eigenvalue weighted by Crippen LogP contribution is 2.27. The fourth-order valence-corrected chi connectivity index (χ4v) is 3.30. The Morgan fingerprint density at radius 1 is 1.19 bits per heavy atom. The third-order valence-corrected chi connectivity index (χ3v) is 4.58. The monoisotopic (exact) mass is 370 g/mol. The summed E-state index contributed by atoms with van der Waals surface area (Å²) in [5.41, 5.74) is 2.97. The van der Waals surface area contributed by atoms with Crippen LogP contribution in [-0.2, 0) is 11.2 Å². The Hall–Kier alpha value is -2.79. The van der Waals surface area contributed by atoms with Gasteiger partial charge in [-0.25, -0.2) is 4.79 Å². The lowest BCUT2D eigenvalue weighted by Gasteiger charge is -2.21. The molecule has 1 amide bonds. The molecule has 0 aliphatic heterocycles. The molecular formula is C20H19ClN2O3. The first-order valence-electron chi connectivity index (χ1n) is 8.31. The molecule has 0 aliphatic carbocycles. The highest BCUT2D eigenvalue weighted by atomic mass is 35.5. The van der Waals surface area contributed by atoms with E-state index >= 15 is 0 Å². The van der Waals surface area contributed by atoms with E-state index in [0.717, 1.165) is 11.3 Å². The fraction of sp³-hybridized carbons (Fsp3) is 0.200. The molecule has 2 aromatic carbocycles. The number of hydrogen-bond donors (Lipinski definition) is 2. The Balaban J connectivity index is 2.01. The topological polar surface area (TPSA) is 73.4 Å². The standard InChI is InChI=1S/C20H19ClN2O3/c1-3-23(14-6-4-5-12(2)9-14)18(24)11-16-15-10-13(21)7-8-17(15)22-19(16)20(25)26/h4-10,22H,3,11H2,1-2H3,(H,25,26). The summed E-state index contributed by atoms with van der Waals surface area (Å²) in [5, 5.41) is 10.7. The van der Waals surface area contributed by atoms with Crippen molar-refractivity contribution in [1.29, 1.82) is 0 Å². The zero-order valence-corrected chi connectivity index (χ0v) is 15.3. The number of aromatic nitrogens is 1. The molecule has 0 aliphatic rings. The van der Waals surface area contributed by atoms with Gasteiger partial charge in [0.2, 0.25) is 5.91 Å². The van der Waals surface area contributed by atoms with Crippen molar-refractivity contribution in [1.82, 2.24) is 4.98 Å². The van der Waals surface area contributed by atoms with E-state index in [0.29, 0.717) is 28.0 Å². The lowest BCUT2D eigenvalue weighted by atomic mass is 10.1. The SMILES string of the molecule is CCN(C(=O)Cc1c(C(=O)O)[nH]c2ccc(Cl)cc12)c1cccc(C)c1. The molecule has 0 spiro atoms. The van der Waals surface area contributed by atoms with Crippen LogP contribution in [0.25, 0.3) is 10.9 Å². The highest BCUT2D eigenvalue weighted by Gasteiger charge is 2.22. The molecule has 0 bridgehead atoms. The first-order valence-corrected chi connectivity index (χ1v) is 8.69. The van der Waals surface area contributed by atoms with Crippen LogP contribution in [0.5, 0.6) is 0 Å². The molecule has 0 radical (unpaired) electrons. The molecule has 0 atom stereocenters. The number of amides is 1. The number of anilines is 1. The first-order chi connectivity index (χ1) is 12.4. The van der Waals surface area contributed by atoms with Crippen LogP contribution in [0.1, 0.15) is 28.5 Å². The Morgan fingerprint density at radius 3 is 2.62 bits per heavy atom. The zero-order valence-electron chi connectivity index (χ0n) is 14.5. The Morgan fingerprint density at radius 2 is 1.96 bits per heavy atom. The second-order valence-electron chi connectivity index (χ2n) is 6.13. The number of aryl methyl sites for hydroxylation is 1. The van der Waals surface area contributed by atoms with E-state index < -0.39 is 5.97 Å². The number of fused-ring (bicyclic) bond motifs is 1. The van der Waals surface area contributed by atoms with Gasteiger partial charge >= 0.3 is 5.97 Å². The summed E-state index contributed by atoms with van der Waals surface area (Å²) < 4.78 is 0. The van der Waals surface area contributed by atoms with E-state index in [1.165, 1.54) is 0 Å². The van der Waals surface area contributed by atoms with Gasteiger partial charge in [-0.1, -0.05) is 23.7 Å². The van der Waals surface area contributed by atoms with Gasteiger partial charge in [-0.2, -0.15) is 0 Å². The van der Waals surface area contributed by atoms with Crippen molar-refractivity contribution in [2.45, 2.75) is 20.3 Å². The number of carboxylic acid groups (broad SMARTS) is 1. The molecule has 0 saturated heterocycles. The van der Waals surface area contributed by atoms with E-state index in [2.05, 4.69) is 4.98 Å². The van der Waals surface area contributed by atoms with Crippen molar-refractivity contribution in [3.05, 3.63) is 64.3 Å². The van der Waals surface area contributed by atoms with Crippen LogP contribution in [0.3, 0.4) is 0 Å². The number of nitrogens with zero attached hydrogens (tertiary/aromatic N) is 1. The Kier molecular flexibility index (Phi) is 5.00. The number of nitrogens with one attached hydrogen (secondary N) is 1. The maximum atomic E-state index is 12.9. The average Bonchev–Trinajstić information content (AvgIpc) is 2.94. The highest BCUT2D eigenvalue weighted by molar-refractivity contribution is 6.31. The number of aromatic amines is 1. The van der Waals surface area contributed by atoms with E-state index in [-0.39, 0.29) is 18.0 Å². The van der Waals surface area contributed by atoms with Crippen molar-refractivity contribution in [2.75, 3.05) is 11.4 Å². The molecule has 2 N–H and O–H groups in total. The second-order valence-corrected chi connectivity index (χ2v) is 6.56. The second kappa shape index (κ2) is 7.22. The summed E-state index contributed by atoms with van der Waals surface area (Å²) in [6.45, 7) is 4.35. The van der Waals surface area contributed by atoms with Crippen LogP contribution in [0.4, 0.5) is 5.69 Å². The molecule has 1 heterocycles. The number of hydrogen-bond acceptors (Lipinski definition) is 2. The quantitative estimate of drug-likeness (QED) is 0.698. The average molecular weight is 371 g/mol. The van der Waals surface area contributed by atoms with Gasteiger partial charge in [0.1, 0.15) is 5.69 Å². The van der Waals surface area contributed by atoms with E-state index in [1.54, 1.807) is 23.1 Å². The minimum Gasteiger partial charge on any atom is -0.477 e. The van der Waals surface area contributed by atoms with Crippen LogP contribution in [0.2, 0.25) is 5.02 Å². The summed E-state index contributed by atoms with van der Waals surface area (Å²) in [7, 11) is 0. The number of H-pyrrole nitrogens is 1. The van der Waals surface area contributed by atoms with Gasteiger partial charge < -0.3 is 15.0 Å². The van der Waals surface area contributed by atoms with Gasteiger partial charge in [0.15, 0.2) is 0 Å². The normalized spacial score (nSPS) is 10.9. The number of carbonyl (C=O) groups is 2. The number of carbonyl (C=O) groups excluding carboxylic acids is 1. The third kappa shape index (κ3) is 3.44. The summed E-state index contributed by atoms with van der Waals surface area (Å²) in [6, 6.07) is 12.8. The summed E-state index contributed by atoms with van der Waals surface area (Å²) >= 11 is 6.06. The fourth-order valence-electron chi connectivity index (χ4n) is 3.13. The number of rotatable bonds is 5. The minimum absolute atomic E-state index is 0.0240. The molecule has 3 rings (SSSR count). The van der Waals surface area contributed by atoms with Gasteiger partial charge in [0, 0.05) is 33.7 Å². The van der Waals surface area contributed by atoms with Crippen molar-refractivity contribution < 1.29 is 14.7 Å². The van der Waals surface area contributed by atoms with Crippen LogP contribution in [0.15, 0.2) is 42.5 Å². The summed E-state index contributed by atoms with van der Waals surface area (Å²) in [6.07, 6.45) is -0.0241. The molecule has 3 aromatic rings. The lowest BCUT2D eigenvalue weighted by Crippen LogP contribution is -2.32. The number of likely N-dealkylation sites (N-methyl/N-ethyl adjacent to an activating group) is 1. The molecule has 0 unspecified atom stereocenters. The molecule has 134 valence electrons. The number of carboxylic acids is 1. The van der Waals surface area contributed by atoms with Crippen molar-refractivity contribution in [2.24, 2.45) is 0 Å². The first kappa shape index (κ1) is 18.0. The van der Waals surface area contributed by atoms with Crippen LogP contribution >= 0.6 is 11.6 Å². The van der Waals surface area contributed by atoms with Gasteiger partial charge in [-0.15, -0.1) is 0 Å². The molecule has 6 heteroatoms. The van der Waals surface area contributed by atoms with Crippen molar-refractivity contribution >= 4 is 40.1 Å². The minimum atomic E-state index is -1.10. The van der Waals surface area contributed by atoms with Crippen LogP contribution < -0.4 is 4.90 Å². The Labute approximate surface area is 156 Å². The Bertz CT molecular complexity index is 994. The van der Waals surface area contributed by atoms with Gasteiger partial charge in [-0.05, 0) is 49.7 Å². The van der Waals surface area contributed by atoms with E-state index in [9.17, 15) is 14.7 Å². The molecule has 0 fully saturated rings.